The lowest BCUT2D eigenvalue weighted by molar-refractivity contribution is 0.00317. The third-order valence-electron chi connectivity index (χ3n) is 3.44. The summed E-state index contributed by atoms with van der Waals surface area (Å²) in [6.45, 7) is 0.653. The molecule has 118 valence electrons. The molecule has 0 radical (unpaired) electrons. The predicted octanol–water partition coefficient (Wildman–Crippen LogP) is 0.570. The van der Waals surface area contributed by atoms with E-state index in [-0.39, 0.29) is 38.1 Å². The van der Waals surface area contributed by atoms with E-state index >= 15 is 0 Å². The summed E-state index contributed by atoms with van der Waals surface area (Å²) in [6, 6.07) is 3.83. The van der Waals surface area contributed by atoms with Gasteiger partial charge in [-0.2, -0.15) is 4.31 Å². The minimum atomic E-state index is -3.94. The number of aliphatic hydroxyl groups is 1. The molecule has 0 amide bonds. The number of hydrogen-bond donors (Lipinski definition) is 2. The summed E-state index contributed by atoms with van der Waals surface area (Å²) in [7, 11) is -3.94. The van der Waals surface area contributed by atoms with Crippen molar-refractivity contribution in [2.45, 2.75) is 23.8 Å². The van der Waals surface area contributed by atoms with Crippen LogP contribution < -0.4 is 5.73 Å². The molecule has 0 aliphatic carbocycles. The summed E-state index contributed by atoms with van der Waals surface area (Å²) < 4.78 is 45.4. The van der Waals surface area contributed by atoms with E-state index in [1.807, 2.05) is 0 Å². The van der Waals surface area contributed by atoms with Gasteiger partial charge in [-0.1, -0.05) is 6.07 Å². The number of nitrogens with two attached hydrogens (primary N) is 1. The highest BCUT2D eigenvalue weighted by Crippen LogP contribution is 2.27. The van der Waals surface area contributed by atoms with Crippen LogP contribution in [-0.4, -0.2) is 50.2 Å². The van der Waals surface area contributed by atoms with Crippen molar-refractivity contribution in [2.24, 2.45) is 0 Å². The Balaban J connectivity index is 2.12. The van der Waals surface area contributed by atoms with Gasteiger partial charge in [0.05, 0.1) is 25.0 Å². The van der Waals surface area contributed by atoms with E-state index in [4.69, 9.17) is 15.6 Å². The summed E-state index contributed by atoms with van der Waals surface area (Å²) in [5.74, 6) is -0.839. The van der Waals surface area contributed by atoms with Crippen LogP contribution in [0.4, 0.5) is 10.1 Å². The summed E-state index contributed by atoms with van der Waals surface area (Å²) in [4.78, 5) is -0.459. The number of nitrogens with zero attached hydrogens (tertiary/aromatic N) is 1. The van der Waals surface area contributed by atoms with Crippen LogP contribution in [0.25, 0.3) is 0 Å². The molecule has 0 atom stereocenters. The van der Waals surface area contributed by atoms with E-state index in [9.17, 15) is 12.8 Å². The van der Waals surface area contributed by atoms with Crippen molar-refractivity contribution in [3.05, 3.63) is 24.0 Å². The zero-order valence-electron chi connectivity index (χ0n) is 11.5. The highest BCUT2D eigenvalue weighted by Gasteiger charge is 2.32. The lowest BCUT2D eigenvalue weighted by Gasteiger charge is -2.31. The fraction of sp³-hybridized carbons (Fsp3) is 0.538. The third-order valence-corrected chi connectivity index (χ3v) is 5.43. The molecule has 0 unspecified atom stereocenters. The highest BCUT2D eigenvalue weighted by molar-refractivity contribution is 7.89. The average molecular weight is 318 g/mol. The van der Waals surface area contributed by atoms with Crippen molar-refractivity contribution in [3.8, 4) is 0 Å². The Morgan fingerprint density at radius 1 is 1.38 bits per heavy atom. The molecule has 0 bridgehead atoms. The summed E-state index contributed by atoms with van der Waals surface area (Å²) in [5, 5.41) is 8.70. The van der Waals surface area contributed by atoms with Gasteiger partial charge in [0.15, 0.2) is 0 Å². The molecule has 1 saturated heterocycles. The number of nitrogen functional groups attached to an aromatic ring is 1. The molecule has 1 aliphatic rings. The van der Waals surface area contributed by atoms with E-state index in [2.05, 4.69) is 0 Å². The van der Waals surface area contributed by atoms with Gasteiger partial charge in [0.2, 0.25) is 10.0 Å². The monoisotopic (exact) mass is 318 g/mol. The van der Waals surface area contributed by atoms with Crippen LogP contribution in [0.1, 0.15) is 12.8 Å². The Morgan fingerprint density at radius 2 is 2.05 bits per heavy atom. The Bertz CT molecular complexity index is 566. The van der Waals surface area contributed by atoms with E-state index in [0.29, 0.717) is 12.8 Å². The first-order valence-electron chi connectivity index (χ1n) is 6.73. The normalized spacial score (nSPS) is 18.0. The summed E-state index contributed by atoms with van der Waals surface area (Å²) in [6.07, 6.45) is 0.933. The molecule has 6 nitrogen and oxygen atoms in total. The van der Waals surface area contributed by atoms with Crippen LogP contribution in [0, 0.1) is 5.82 Å². The van der Waals surface area contributed by atoms with E-state index < -0.39 is 20.7 Å². The van der Waals surface area contributed by atoms with Gasteiger partial charge in [-0.05, 0) is 25.0 Å². The van der Waals surface area contributed by atoms with Gasteiger partial charge in [0, 0.05) is 13.1 Å². The fourth-order valence-electron chi connectivity index (χ4n) is 2.39. The first-order chi connectivity index (χ1) is 9.96. The van der Waals surface area contributed by atoms with Crippen LogP contribution in [0.2, 0.25) is 0 Å². The minimum absolute atomic E-state index is 0.0652. The molecule has 0 saturated carbocycles. The minimum Gasteiger partial charge on any atom is -0.398 e. The van der Waals surface area contributed by atoms with Gasteiger partial charge in [0.1, 0.15) is 10.7 Å². The molecule has 0 aromatic heterocycles. The lowest BCUT2D eigenvalue weighted by Crippen LogP contribution is -2.41. The van der Waals surface area contributed by atoms with Crippen LogP contribution in [0.15, 0.2) is 23.1 Å². The number of anilines is 1. The van der Waals surface area contributed by atoms with Gasteiger partial charge >= 0.3 is 0 Å². The van der Waals surface area contributed by atoms with E-state index in [1.165, 1.54) is 16.4 Å². The van der Waals surface area contributed by atoms with Crippen molar-refractivity contribution in [1.29, 1.82) is 0 Å². The molecule has 3 N–H and O–H groups in total. The summed E-state index contributed by atoms with van der Waals surface area (Å²) >= 11 is 0. The molecule has 1 fully saturated rings. The van der Waals surface area contributed by atoms with Crippen LogP contribution in [-0.2, 0) is 14.8 Å². The van der Waals surface area contributed by atoms with Gasteiger partial charge in [-0.3, -0.25) is 0 Å². The quantitative estimate of drug-likeness (QED) is 0.774. The Morgan fingerprint density at radius 3 is 2.62 bits per heavy atom. The maximum absolute atomic E-state index is 13.8. The van der Waals surface area contributed by atoms with Gasteiger partial charge in [0.25, 0.3) is 0 Å². The van der Waals surface area contributed by atoms with Crippen molar-refractivity contribution in [1.82, 2.24) is 4.31 Å². The fourth-order valence-corrected chi connectivity index (χ4v) is 4.02. The van der Waals surface area contributed by atoms with Gasteiger partial charge in [-0.15, -0.1) is 0 Å². The second kappa shape index (κ2) is 6.69. The first-order valence-corrected chi connectivity index (χ1v) is 8.17. The maximum Gasteiger partial charge on any atom is 0.248 e. The Labute approximate surface area is 123 Å². The molecule has 2 rings (SSSR count). The highest BCUT2D eigenvalue weighted by atomic mass is 32.2. The van der Waals surface area contributed by atoms with Crippen molar-refractivity contribution in [3.63, 3.8) is 0 Å². The van der Waals surface area contributed by atoms with Crippen molar-refractivity contribution < 1.29 is 22.7 Å². The molecule has 1 aromatic carbocycles. The predicted molar refractivity (Wildman–Crippen MR) is 75.6 cm³/mol. The molecule has 8 heteroatoms. The lowest BCUT2D eigenvalue weighted by atomic mass is 10.1. The molecule has 0 spiro atoms. The number of aliphatic hydroxyl groups excluding tert-OH is 1. The number of sulfonamides is 1. The van der Waals surface area contributed by atoms with E-state index in [1.54, 1.807) is 0 Å². The van der Waals surface area contributed by atoms with Crippen LogP contribution in [0.3, 0.4) is 0 Å². The summed E-state index contributed by atoms with van der Waals surface area (Å²) in [5.41, 5.74) is 5.52. The molecule has 1 aliphatic heterocycles. The zero-order valence-corrected chi connectivity index (χ0v) is 12.4. The SMILES string of the molecule is Nc1cccc(F)c1S(=O)(=O)N1CCC(OCCO)CC1. The first kappa shape index (κ1) is 16.2. The van der Waals surface area contributed by atoms with E-state index in [0.717, 1.165) is 6.07 Å². The van der Waals surface area contributed by atoms with Gasteiger partial charge < -0.3 is 15.6 Å². The topological polar surface area (TPSA) is 92.9 Å². The van der Waals surface area contributed by atoms with Crippen LogP contribution >= 0.6 is 0 Å². The smallest absolute Gasteiger partial charge is 0.248 e. The maximum atomic E-state index is 13.8. The number of piperidine rings is 1. The number of hydrogen-bond acceptors (Lipinski definition) is 5. The molecular formula is C13H19FN2O4S. The van der Waals surface area contributed by atoms with Gasteiger partial charge in [-0.25, -0.2) is 12.8 Å². The van der Waals surface area contributed by atoms with Crippen molar-refractivity contribution in [2.75, 3.05) is 32.0 Å². The average Bonchev–Trinajstić information content (AvgIpc) is 2.45. The largest absolute Gasteiger partial charge is 0.398 e. The third kappa shape index (κ3) is 3.52. The number of benzene rings is 1. The standard InChI is InChI=1S/C13H19FN2O4S/c14-11-2-1-3-12(15)13(11)21(18,19)16-6-4-10(5-7-16)20-9-8-17/h1-3,10,17H,4-9,15H2. The number of rotatable bonds is 5. The second-order valence-corrected chi connectivity index (χ2v) is 6.73. The molecule has 1 aromatic rings. The number of halogens is 1. The zero-order chi connectivity index (χ0) is 15.5. The second-order valence-electron chi connectivity index (χ2n) is 4.86. The number of ether oxygens (including phenoxy) is 1. The van der Waals surface area contributed by atoms with Crippen LogP contribution in [0.5, 0.6) is 0 Å². The Kier molecular flexibility index (Phi) is 5.15. The molecular weight excluding hydrogens is 299 g/mol. The Hall–Kier alpha value is -1.22. The molecule has 21 heavy (non-hydrogen) atoms. The van der Waals surface area contributed by atoms with Crippen molar-refractivity contribution >= 4 is 15.7 Å². The molecule has 1 heterocycles.